The quantitative estimate of drug-likeness (QED) is 0.925. The highest BCUT2D eigenvalue weighted by molar-refractivity contribution is 5.96. The van der Waals surface area contributed by atoms with Crippen LogP contribution in [0.5, 0.6) is 5.75 Å². The molecule has 126 valence electrons. The molecule has 0 aliphatic carbocycles. The predicted octanol–water partition coefficient (Wildman–Crippen LogP) is 2.91. The first-order valence-corrected chi connectivity index (χ1v) is 7.07. The molecule has 0 aromatic heterocycles. The number of alkyl halides is 3. The molecule has 1 saturated heterocycles. The molecule has 1 fully saturated rings. The zero-order valence-electron chi connectivity index (χ0n) is 12.3. The minimum absolute atomic E-state index is 0.125. The van der Waals surface area contributed by atoms with Crippen LogP contribution in [0.25, 0.3) is 0 Å². The van der Waals surface area contributed by atoms with Crippen molar-refractivity contribution in [1.82, 2.24) is 4.90 Å². The number of likely N-dealkylation sites (tertiary alicyclic amines) is 1. The molecule has 2 rings (SSSR count). The van der Waals surface area contributed by atoms with E-state index < -0.39 is 30.0 Å². The van der Waals surface area contributed by atoms with Gasteiger partial charge in [-0.2, -0.15) is 0 Å². The van der Waals surface area contributed by atoms with Crippen molar-refractivity contribution in [1.29, 1.82) is 0 Å². The van der Waals surface area contributed by atoms with Crippen molar-refractivity contribution in [3.63, 3.8) is 0 Å². The van der Waals surface area contributed by atoms with Gasteiger partial charge in [-0.3, -0.25) is 4.79 Å². The summed E-state index contributed by atoms with van der Waals surface area (Å²) in [7, 11) is 0. The Morgan fingerprint density at radius 2 is 1.87 bits per heavy atom. The average molecular weight is 331 g/mol. The summed E-state index contributed by atoms with van der Waals surface area (Å²) in [5.74, 6) is -1.83. The van der Waals surface area contributed by atoms with E-state index >= 15 is 0 Å². The molecule has 2 unspecified atom stereocenters. The number of carbonyl (C=O) groups excluding carboxylic acids is 1. The van der Waals surface area contributed by atoms with E-state index in [9.17, 15) is 27.9 Å². The molecule has 1 aliphatic rings. The van der Waals surface area contributed by atoms with Gasteiger partial charge in [0.2, 0.25) is 0 Å². The molecule has 0 spiro atoms. The molecule has 23 heavy (non-hydrogen) atoms. The molecule has 0 radical (unpaired) electrons. The largest absolute Gasteiger partial charge is 0.573 e. The van der Waals surface area contributed by atoms with Crippen molar-refractivity contribution >= 4 is 11.9 Å². The summed E-state index contributed by atoms with van der Waals surface area (Å²) in [4.78, 5) is 25.0. The lowest BCUT2D eigenvalue weighted by Gasteiger charge is -2.36. The molecule has 5 nitrogen and oxygen atoms in total. The zero-order valence-corrected chi connectivity index (χ0v) is 12.3. The first-order chi connectivity index (χ1) is 10.7. The van der Waals surface area contributed by atoms with E-state index in [-0.39, 0.29) is 11.5 Å². The van der Waals surface area contributed by atoms with Crippen molar-refractivity contribution in [2.45, 2.75) is 32.2 Å². The van der Waals surface area contributed by atoms with E-state index in [0.29, 0.717) is 19.4 Å². The number of halogens is 3. The summed E-state index contributed by atoms with van der Waals surface area (Å²) in [5, 5.41) is 9.26. The molecule has 1 N–H and O–H groups in total. The normalized spacial score (nSPS) is 21.8. The van der Waals surface area contributed by atoms with Crippen molar-refractivity contribution in [2.24, 2.45) is 5.92 Å². The lowest BCUT2D eigenvalue weighted by Crippen LogP contribution is -2.49. The van der Waals surface area contributed by atoms with Crippen LogP contribution < -0.4 is 4.74 Å². The molecule has 2 atom stereocenters. The Morgan fingerprint density at radius 1 is 1.26 bits per heavy atom. The van der Waals surface area contributed by atoms with Crippen LogP contribution >= 0.6 is 0 Å². The Morgan fingerprint density at radius 3 is 2.39 bits per heavy atom. The summed E-state index contributed by atoms with van der Waals surface area (Å²) < 4.78 is 40.1. The number of rotatable bonds is 3. The van der Waals surface area contributed by atoms with Crippen LogP contribution in [0.15, 0.2) is 24.3 Å². The van der Waals surface area contributed by atoms with Crippen molar-refractivity contribution in [2.75, 3.05) is 6.54 Å². The Kier molecular flexibility index (Phi) is 4.82. The van der Waals surface area contributed by atoms with Crippen LogP contribution in [0, 0.1) is 5.92 Å². The fourth-order valence-corrected chi connectivity index (χ4v) is 2.58. The monoisotopic (exact) mass is 331 g/mol. The van der Waals surface area contributed by atoms with Crippen molar-refractivity contribution in [3.05, 3.63) is 29.8 Å². The van der Waals surface area contributed by atoms with E-state index in [2.05, 4.69) is 4.74 Å². The molecule has 1 aromatic rings. The third-order valence-corrected chi connectivity index (χ3v) is 3.75. The first kappa shape index (κ1) is 17.1. The molecule has 0 bridgehead atoms. The molecule has 1 aliphatic heterocycles. The van der Waals surface area contributed by atoms with Gasteiger partial charge >= 0.3 is 12.3 Å². The molecular formula is C15H16F3NO4. The minimum Gasteiger partial charge on any atom is -0.480 e. The van der Waals surface area contributed by atoms with E-state index in [0.717, 1.165) is 12.1 Å². The van der Waals surface area contributed by atoms with Crippen LogP contribution in [0.1, 0.15) is 30.1 Å². The van der Waals surface area contributed by atoms with Gasteiger partial charge in [0, 0.05) is 12.1 Å². The number of hydrogen-bond acceptors (Lipinski definition) is 3. The highest BCUT2D eigenvalue weighted by Gasteiger charge is 2.35. The zero-order chi connectivity index (χ0) is 17.2. The average Bonchev–Trinajstić information content (AvgIpc) is 2.45. The lowest BCUT2D eigenvalue weighted by molar-refractivity contribution is -0.274. The molecule has 1 amide bonds. The summed E-state index contributed by atoms with van der Waals surface area (Å²) in [5.41, 5.74) is 0.125. The molecule has 0 saturated carbocycles. The maximum absolute atomic E-state index is 12.4. The van der Waals surface area contributed by atoms with Crippen LogP contribution in [-0.2, 0) is 4.79 Å². The summed E-state index contributed by atoms with van der Waals surface area (Å²) in [6, 6.07) is 3.53. The summed E-state index contributed by atoms with van der Waals surface area (Å²) in [6.07, 6.45) is -3.76. The van der Waals surface area contributed by atoms with Gasteiger partial charge in [0.05, 0.1) is 0 Å². The van der Waals surface area contributed by atoms with Crippen LogP contribution in [0.2, 0.25) is 0 Å². The van der Waals surface area contributed by atoms with E-state index in [1.165, 1.54) is 17.0 Å². The van der Waals surface area contributed by atoms with E-state index in [1.807, 2.05) is 6.92 Å². The Hall–Kier alpha value is -2.25. The number of nitrogens with zero attached hydrogens (tertiary/aromatic N) is 1. The second-order valence-electron chi connectivity index (χ2n) is 5.55. The molecule has 8 heteroatoms. The lowest BCUT2D eigenvalue weighted by atomic mass is 9.92. The fraction of sp³-hybridized carbons (Fsp3) is 0.467. The number of carboxylic acid groups (broad SMARTS) is 1. The van der Waals surface area contributed by atoms with Crippen LogP contribution in [-0.4, -0.2) is 40.8 Å². The number of ether oxygens (including phenoxy) is 1. The highest BCUT2D eigenvalue weighted by Crippen LogP contribution is 2.26. The van der Waals surface area contributed by atoms with Gasteiger partial charge in [-0.05, 0) is 43.0 Å². The maximum atomic E-state index is 12.4. The van der Waals surface area contributed by atoms with Gasteiger partial charge in [-0.1, -0.05) is 6.92 Å². The second kappa shape index (κ2) is 6.47. The predicted molar refractivity (Wildman–Crippen MR) is 74.0 cm³/mol. The Labute approximate surface area is 130 Å². The molecule has 1 heterocycles. The summed E-state index contributed by atoms with van der Waals surface area (Å²) >= 11 is 0. The van der Waals surface area contributed by atoms with Gasteiger partial charge in [0.15, 0.2) is 0 Å². The summed E-state index contributed by atoms with van der Waals surface area (Å²) in [6.45, 7) is 2.22. The molecule has 1 aromatic carbocycles. The van der Waals surface area contributed by atoms with E-state index in [1.54, 1.807) is 0 Å². The third kappa shape index (κ3) is 4.37. The first-order valence-electron chi connectivity index (χ1n) is 7.07. The number of carboxylic acids is 1. The van der Waals surface area contributed by atoms with Gasteiger partial charge in [0.1, 0.15) is 11.8 Å². The van der Waals surface area contributed by atoms with Crippen LogP contribution in [0.3, 0.4) is 0 Å². The van der Waals surface area contributed by atoms with Gasteiger partial charge in [-0.25, -0.2) is 4.79 Å². The SMILES string of the molecule is CC1CCN(C(=O)c2ccc(OC(F)(F)F)cc2)C(C(=O)O)C1. The standard InChI is InChI=1S/C15H16F3NO4/c1-9-6-7-19(12(8-9)14(21)22)13(20)10-2-4-11(5-3-10)23-15(16,17)18/h2-5,9,12H,6-8H2,1H3,(H,21,22). The van der Waals surface area contributed by atoms with Crippen LogP contribution in [0.4, 0.5) is 13.2 Å². The fourth-order valence-electron chi connectivity index (χ4n) is 2.58. The molecular weight excluding hydrogens is 315 g/mol. The van der Waals surface area contributed by atoms with Gasteiger partial charge in [-0.15, -0.1) is 13.2 Å². The van der Waals surface area contributed by atoms with Crippen molar-refractivity contribution in [3.8, 4) is 5.75 Å². The number of piperidine rings is 1. The topological polar surface area (TPSA) is 66.8 Å². The minimum atomic E-state index is -4.80. The smallest absolute Gasteiger partial charge is 0.480 e. The third-order valence-electron chi connectivity index (χ3n) is 3.75. The van der Waals surface area contributed by atoms with E-state index in [4.69, 9.17) is 0 Å². The Bertz CT molecular complexity index is 585. The highest BCUT2D eigenvalue weighted by atomic mass is 19.4. The second-order valence-corrected chi connectivity index (χ2v) is 5.55. The number of benzene rings is 1. The number of carbonyl (C=O) groups is 2. The van der Waals surface area contributed by atoms with Gasteiger partial charge < -0.3 is 14.7 Å². The number of amides is 1. The number of hydrogen-bond donors (Lipinski definition) is 1. The van der Waals surface area contributed by atoms with Crippen molar-refractivity contribution < 1.29 is 32.6 Å². The van der Waals surface area contributed by atoms with Gasteiger partial charge in [0.25, 0.3) is 5.91 Å². The maximum Gasteiger partial charge on any atom is 0.573 e. The number of aliphatic carboxylic acids is 1. The Balaban J connectivity index is 2.14.